The summed E-state index contributed by atoms with van der Waals surface area (Å²) >= 11 is 1.63. The summed E-state index contributed by atoms with van der Waals surface area (Å²) < 4.78 is 5.85. The number of hydrogen-bond donors (Lipinski definition) is 0. The number of rotatable bonds is 7. The molecule has 2 aromatic rings. The summed E-state index contributed by atoms with van der Waals surface area (Å²) in [5.41, 5.74) is 1.92. The minimum Gasteiger partial charge on any atom is -0.487 e. The minimum atomic E-state index is 0.121. The number of benzene rings is 1. The van der Waals surface area contributed by atoms with Gasteiger partial charge in [-0.15, -0.1) is 11.3 Å². The van der Waals surface area contributed by atoms with Gasteiger partial charge in [-0.05, 0) is 69.5 Å². The van der Waals surface area contributed by atoms with Crippen molar-refractivity contribution in [2.45, 2.75) is 45.3 Å². The van der Waals surface area contributed by atoms with Crippen LogP contribution < -0.4 is 4.74 Å². The molecule has 1 amide bonds. The molecular weight excluding hydrogens is 382 g/mol. The number of carbonyl (C=O) groups is 1. The Morgan fingerprint density at radius 2 is 2.14 bits per heavy atom. The molecule has 0 aliphatic carbocycles. The number of hydrogen-bond acceptors (Lipinski definition) is 5. The van der Waals surface area contributed by atoms with Gasteiger partial charge in [-0.3, -0.25) is 4.79 Å². The van der Waals surface area contributed by atoms with Crippen molar-refractivity contribution >= 4 is 23.3 Å². The third-order valence-corrected chi connectivity index (χ3v) is 6.48. The highest BCUT2D eigenvalue weighted by Gasteiger charge is 2.29. The van der Waals surface area contributed by atoms with Gasteiger partial charge in [-0.1, -0.05) is 12.1 Å². The average Bonchev–Trinajstić information content (AvgIpc) is 3.48. The van der Waals surface area contributed by atoms with Crippen LogP contribution in [-0.4, -0.2) is 52.9 Å². The maximum Gasteiger partial charge on any atom is 0.246 e. The summed E-state index contributed by atoms with van der Waals surface area (Å²) in [5.74, 6) is 0.911. The molecule has 3 heterocycles. The second-order valence-electron chi connectivity index (χ2n) is 7.89. The van der Waals surface area contributed by atoms with Crippen LogP contribution in [0.2, 0.25) is 0 Å². The van der Waals surface area contributed by atoms with Crippen LogP contribution in [0.4, 0.5) is 0 Å². The van der Waals surface area contributed by atoms with E-state index in [0.29, 0.717) is 12.6 Å². The van der Waals surface area contributed by atoms with E-state index in [0.717, 1.165) is 47.9 Å². The van der Waals surface area contributed by atoms with Gasteiger partial charge in [0.05, 0.1) is 10.7 Å². The molecular formula is C23H29N3O2S. The Labute approximate surface area is 177 Å². The van der Waals surface area contributed by atoms with Crippen molar-refractivity contribution in [3.8, 4) is 5.75 Å². The zero-order chi connectivity index (χ0) is 20.1. The number of aryl methyl sites for hydroxylation is 1. The Kier molecular flexibility index (Phi) is 6.62. The first-order valence-corrected chi connectivity index (χ1v) is 11.4. The van der Waals surface area contributed by atoms with Crippen LogP contribution in [0.1, 0.15) is 41.9 Å². The largest absolute Gasteiger partial charge is 0.487 e. The van der Waals surface area contributed by atoms with Gasteiger partial charge in [0.1, 0.15) is 12.4 Å². The molecule has 2 aliphatic rings. The molecule has 0 bridgehead atoms. The molecule has 5 nitrogen and oxygen atoms in total. The van der Waals surface area contributed by atoms with Crippen molar-refractivity contribution in [2.24, 2.45) is 0 Å². The molecule has 0 spiro atoms. The van der Waals surface area contributed by atoms with E-state index in [1.165, 1.54) is 25.9 Å². The van der Waals surface area contributed by atoms with Crippen LogP contribution in [0, 0.1) is 6.92 Å². The molecule has 0 N–H and O–H groups in total. The lowest BCUT2D eigenvalue weighted by molar-refractivity contribution is -0.127. The summed E-state index contributed by atoms with van der Waals surface area (Å²) in [6, 6.07) is 8.22. The highest BCUT2D eigenvalue weighted by atomic mass is 32.1. The summed E-state index contributed by atoms with van der Waals surface area (Å²) in [6.07, 6.45) is 8.42. The molecule has 2 fully saturated rings. The van der Waals surface area contributed by atoms with Gasteiger partial charge >= 0.3 is 0 Å². The van der Waals surface area contributed by atoms with Crippen molar-refractivity contribution < 1.29 is 9.53 Å². The fourth-order valence-electron chi connectivity index (χ4n) is 4.18. The molecule has 2 saturated heterocycles. The summed E-state index contributed by atoms with van der Waals surface area (Å²) in [5, 5.41) is 3.07. The Hall–Kier alpha value is -2.18. The third kappa shape index (κ3) is 5.46. The van der Waals surface area contributed by atoms with E-state index in [9.17, 15) is 4.79 Å². The number of carbonyl (C=O) groups excluding carboxylic acids is 1. The second kappa shape index (κ2) is 9.55. The van der Waals surface area contributed by atoms with Gasteiger partial charge in [0.15, 0.2) is 0 Å². The SMILES string of the molecule is Cc1nc(COc2cccc(/C=C/C(=O)N3CCCC3CN3CCCC3)c2)cs1. The lowest BCUT2D eigenvalue weighted by Crippen LogP contribution is -2.41. The average molecular weight is 412 g/mol. The normalized spacial score (nSPS) is 20.0. The number of thiazole rings is 1. The fourth-order valence-corrected chi connectivity index (χ4v) is 4.78. The van der Waals surface area contributed by atoms with Gasteiger partial charge < -0.3 is 14.5 Å². The quantitative estimate of drug-likeness (QED) is 0.643. The number of ether oxygens (including phenoxy) is 1. The molecule has 154 valence electrons. The van der Waals surface area contributed by atoms with Crippen LogP contribution >= 0.6 is 11.3 Å². The molecule has 1 aromatic carbocycles. The molecule has 0 radical (unpaired) electrons. The van der Waals surface area contributed by atoms with Gasteiger partial charge in [0.25, 0.3) is 0 Å². The Morgan fingerprint density at radius 3 is 2.93 bits per heavy atom. The fraction of sp³-hybridized carbons (Fsp3) is 0.478. The van der Waals surface area contributed by atoms with E-state index in [1.54, 1.807) is 17.4 Å². The van der Waals surface area contributed by atoms with Crippen LogP contribution in [0.3, 0.4) is 0 Å². The highest BCUT2D eigenvalue weighted by molar-refractivity contribution is 7.09. The van der Waals surface area contributed by atoms with E-state index in [1.807, 2.05) is 42.6 Å². The Balaban J connectivity index is 1.33. The van der Waals surface area contributed by atoms with Gasteiger partial charge in [0, 0.05) is 30.6 Å². The summed E-state index contributed by atoms with van der Waals surface area (Å²) in [7, 11) is 0. The standard InChI is InChI=1S/C23H29N3O2S/c1-18-24-20(17-29-18)16-28-22-8-4-6-19(14-22)9-10-23(27)26-13-5-7-21(26)15-25-11-2-3-12-25/h4,6,8-10,14,17,21H,2-3,5,7,11-13,15-16H2,1H3/b10-9+. The van der Waals surface area contributed by atoms with Crippen molar-refractivity contribution in [2.75, 3.05) is 26.2 Å². The van der Waals surface area contributed by atoms with E-state index in [4.69, 9.17) is 4.74 Å². The molecule has 6 heteroatoms. The number of amides is 1. The Morgan fingerprint density at radius 1 is 1.28 bits per heavy atom. The molecule has 2 aliphatic heterocycles. The minimum absolute atomic E-state index is 0.121. The maximum atomic E-state index is 12.8. The third-order valence-electron chi connectivity index (χ3n) is 5.66. The van der Waals surface area contributed by atoms with E-state index in [-0.39, 0.29) is 5.91 Å². The lowest BCUT2D eigenvalue weighted by atomic mass is 10.2. The van der Waals surface area contributed by atoms with Crippen molar-refractivity contribution in [3.63, 3.8) is 0 Å². The van der Waals surface area contributed by atoms with Crippen LogP contribution in [0.15, 0.2) is 35.7 Å². The smallest absolute Gasteiger partial charge is 0.246 e. The maximum absolute atomic E-state index is 12.8. The predicted octanol–water partition coefficient (Wildman–Crippen LogP) is 4.13. The van der Waals surface area contributed by atoms with E-state index >= 15 is 0 Å². The molecule has 4 rings (SSSR count). The van der Waals surface area contributed by atoms with E-state index < -0.39 is 0 Å². The van der Waals surface area contributed by atoms with Crippen molar-refractivity contribution in [1.82, 2.24) is 14.8 Å². The van der Waals surface area contributed by atoms with Crippen molar-refractivity contribution in [3.05, 3.63) is 52.0 Å². The lowest BCUT2D eigenvalue weighted by Gasteiger charge is -2.27. The summed E-state index contributed by atoms with van der Waals surface area (Å²) in [4.78, 5) is 21.8. The van der Waals surface area contributed by atoms with Gasteiger partial charge in [-0.25, -0.2) is 4.98 Å². The molecule has 0 saturated carbocycles. The van der Waals surface area contributed by atoms with Gasteiger partial charge in [0.2, 0.25) is 5.91 Å². The molecule has 1 unspecified atom stereocenters. The molecule has 1 atom stereocenters. The highest BCUT2D eigenvalue weighted by Crippen LogP contribution is 2.22. The van der Waals surface area contributed by atoms with Crippen LogP contribution in [0.5, 0.6) is 5.75 Å². The number of nitrogens with zero attached hydrogens (tertiary/aromatic N) is 3. The molecule has 1 aromatic heterocycles. The number of aromatic nitrogens is 1. The zero-order valence-corrected chi connectivity index (χ0v) is 17.9. The van der Waals surface area contributed by atoms with Crippen LogP contribution in [-0.2, 0) is 11.4 Å². The van der Waals surface area contributed by atoms with E-state index in [2.05, 4.69) is 14.8 Å². The number of likely N-dealkylation sites (tertiary alicyclic amines) is 2. The zero-order valence-electron chi connectivity index (χ0n) is 17.0. The Bertz CT molecular complexity index is 857. The monoisotopic (exact) mass is 411 g/mol. The van der Waals surface area contributed by atoms with Crippen LogP contribution in [0.25, 0.3) is 6.08 Å². The summed E-state index contributed by atoms with van der Waals surface area (Å²) in [6.45, 7) is 6.72. The molecule has 29 heavy (non-hydrogen) atoms. The van der Waals surface area contributed by atoms with Gasteiger partial charge in [-0.2, -0.15) is 0 Å². The first kappa shape index (κ1) is 20.1. The first-order valence-electron chi connectivity index (χ1n) is 10.5. The van der Waals surface area contributed by atoms with Crippen molar-refractivity contribution in [1.29, 1.82) is 0 Å². The second-order valence-corrected chi connectivity index (χ2v) is 8.95. The topological polar surface area (TPSA) is 45.7 Å². The first-order chi connectivity index (χ1) is 14.2. The predicted molar refractivity (Wildman–Crippen MR) is 117 cm³/mol.